The molecule has 0 saturated carbocycles. The number of phenols is 1. The second-order valence-electron chi connectivity index (χ2n) is 5.91. The molecule has 1 heterocycles. The van der Waals surface area contributed by atoms with Crippen molar-refractivity contribution in [3.63, 3.8) is 0 Å². The van der Waals surface area contributed by atoms with Gasteiger partial charge >= 0.3 is 0 Å². The fraction of sp³-hybridized carbons (Fsp3) is 0.368. The normalized spacial score (nSPS) is 17.7. The number of aromatic hydroxyl groups is 1. The monoisotopic (exact) mass is 313 g/mol. The Bertz CT molecular complexity index is 633. The third-order valence-electron chi connectivity index (χ3n) is 4.58. The van der Waals surface area contributed by atoms with Crippen LogP contribution in [0.2, 0.25) is 0 Å². The van der Waals surface area contributed by atoms with E-state index >= 15 is 0 Å². The maximum atomic E-state index is 11.1. The van der Waals surface area contributed by atoms with Crippen LogP contribution in [0, 0.1) is 0 Å². The molecule has 0 aromatic heterocycles. The number of ether oxygens (including phenoxy) is 1. The molecule has 122 valence electrons. The Labute approximate surface area is 136 Å². The second-order valence-corrected chi connectivity index (χ2v) is 5.91. The third-order valence-corrected chi connectivity index (χ3v) is 4.58. The zero-order valence-electron chi connectivity index (χ0n) is 13.4. The van der Waals surface area contributed by atoms with Crippen molar-refractivity contribution in [2.24, 2.45) is 0 Å². The van der Waals surface area contributed by atoms with Crippen molar-refractivity contribution in [2.75, 3.05) is 31.2 Å². The number of morpholine rings is 1. The molecule has 3 rings (SSSR count). The summed E-state index contributed by atoms with van der Waals surface area (Å²) < 4.78 is 5.38. The highest BCUT2D eigenvalue weighted by Gasteiger charge is 2.29. The van der Waals surface area contributed by atoms with E-state index in [9.17, 15) is 10.2 Å². The van der Waals surface area contributed by atoms with Gasteiger partial charge in [-0.05, 0) is 41.8 Å². The Kier molecular flexibility index (Phi) is 4.55. The van der Waals surface area contributed by atoms with E-state index < -0.39 is 5.60 Å². The highest BCUT2D eigenvalue weighted by Crippen LogP contribution is 2.34. The number of phenolic OH excluding ortho intramolecular Hbond substituents is 1. The molecule has 2 N–H and O–H groups in total. The highest BCUT2D eigenvalue weighted by molar-refractivity contribution is 5.50. The Balaban J connectivity index is 1.87. The van der Waals surface area contributed by atoms with Crippen LogP contribution in [0.3, 0.4) is 0 Å². The van der Waals surface area contributed by atoms with Gasteiger partial charge in [-0.3, -0.25) is 0 Å². The summed E-state index contributed by atoms with van der Waals surface area (Å²) in [6.45, 7) is 5.27. The average Bonchev–Trinajstić information content (AvgIpc) is 2.62. The zero-order valence-corrected chi connectivity index (χ0v) is 13.4. The van der Waals surface area contributed by atoms with Gasteiger partial charge in [-0.15, -0.1) is 0 Å². The van der Waals surface area contributed by atoms with Crippen LogP contribution in [0.4, 0.5) is 5.69 Å². The predicted octanol–water partition coefficient (Wildman–Crippen LogP) is 2.87. The van der Waals surface area contributed by atoms with E-state index in [1.807, 2.05) is 19.1 Å². The molecule has 0 aliphatic carbocycles. The maximum absolute atomic E-state index is 11.1. The van der Waals surface area contributed by atoms with Gasteiger partial charge in [0.2, 0.25) is 0 Å². The number of anilines is 1. The van der Waals surface area contributed by atoms with Gasteiger partial charge in [0.05, 0.1) is 13.2 Å². The minimum atomic E-state index is -1.04. The first kappa shape index (κ1) is 15.8. The Morgan fingerprint density at radius 1 is 0.957 bits per heavy atom. The lowest BCUT2D eigenvalue weighted by Gasteiger charge is -2.31. The number of hydrogen-bond acceptors (Lipinski definition) is 4. The number of rotatable bonds is 4. The summed E-state index contributed by atoms with van der Waals surface area (Å²) in [6, 6.07) is 14.9. The third kappa shape index (κ3) is 3.19. The minimum absolute atomic E-state index is 0.204. The molecule has 0 radical (unpaired) electrons. The standard InChI is InChI=1S/C19H23NO3/c1-2-19(22,16-5-9-18(21)10-6-16)15-3-7-17(8-4-15)20-11-13-23-14-12-20/h3-10,21-22H,2,11-14H2,1H3. The lowest BCUT2D eigenvalue weighted by atomic mass is 9.84. The number of aliphatic hydroxyl groups is 1. The van der Waals surface area contributed by atoms with Crippen LogP contribution in [0.1, 0.15) is 24.5 Å². The molecule has 1 aliphatic heterocycles. The molecule has 1 unspecified atom stereocenters. The summed E-state index contributed by atoms with van der Waals surface area (Å²) in [5.41, 5.74) is 1.76. The molecular formula is C19H23NO3. The largest absolute Gasteiger partial charge is 0.508 e. The number of benzene rings is 2. The van der Waals surface area contributed by atoms with Crippen LogP contribution < -0.4 is 4.90 Å². The summed E-state index contributed by atoms with van der Waals surface area (Å²) in [4.78, 5) is 2.29. The minimum Gasteiger partial charge on any atom is -0.508 e. The van der Waals surface area contributed by atoms with E-state index in [4.69, 9.17) is 4.74 Å². The topological polar surface area (TPSA) is 52.9 Å². The van der Waals surface area contributed by atoms with Crippen molar-refractivity contribution in [3.05, 3.63) is 59.7 Å². The number of nitrogens with zero attached hydrogens (tertiary/aromatic N) is 1. The van der Waals surface area contributed by atoms with E-state index in [0.717, 1.165) is 43.1 Å². The maximum Gasteiger partial charge on any atom is 0.115 e. The van der Waals surface area contributed by atoms with Crippen LogP contribution in [0.25, 0.3) is 0 Å². The average molecular weight is 313 g/mol. The summed E-state index contributed by atoms with van der Waals surface area (Å²) in [6.07, 6.45) is 0.564. The Morgan fingerprint density at radius 2 is 1.48 bits per heavy atom. The fourth-order valence-electron chi connectivity index (χ4n) is 3.08. The molecule has 2 aromatic rings. The van der Waals surface area contributed by atoms with Crippen molar-refractivity contribution < 1.29 is 14.9 Å². The van der Waals surface area contributed by atoms with Gasteiger partial charge in [0.25, 0.3) is 0 Å². The molecule has 1 aliphatic rings. The van der Waals surface area contributed by atoms with E-state index in [1.165, 1.54) is 0 Å². The Morgan fingerprint density at radius 3 is 2.00 bits per heavy atom. The summed E-state index contributed by atoms with van der Waals surface area (Å²) in [7, 11) is 0. The molecule has 0 bridgehead atoms. The number of hydrogen-bond donors (Lipinski definition) is 2. The van der Waals surface area contributed by atoms with Gasteiger partial charge in [-0.2, -0.15) is 0 Å². The molecule has 4 nitrogen and oxygen atoms in total. The molecule has 1 saturated heterocycles. The van der Waals surface area contributed by atoms with E-state index in [0.29, 0.717) is 6.42 Å². The molecule has 23 heavy (non-hydrogen) atoms. The zero-order chi connectivity index (χ0) is 16.3. The molecule has 0 amide bonds. The lowest BCUT2D eigenvalue weighted by Crippen LogP contribution is -2.36. The Hall–Kier alpha value is -2.04. The molecule has 0 spiro atoms. The summed E-state index contributed by atoms with van der Waals surface area (Å²) in [5, 5.41) is 20.6. The van der Waals surface area contributed by atoms with Crippen molar-refractivity contribution in [2.45, 2.75) is 18.9 Å². The van der Waals surface area contributed by atoms with Crippen molar-refractivity contribution in [1.29, 1.82) is 0 Å². The smallest absolute Gasteiger partial charge is 0.115 e. The second kappa shape index (κ2) is 6.60. The van der Waals surface area contributed by atoms with Crippen LogP contribution in [-0.2, 0) is 10.3 Å². The van der Waals surface area contributed by atoms with Crippen LogP contribution in [0.15, 0.2) is 48.5 Å². The molecule has 4 heteroatoms. The van der Waals surface area contributed by atoms with Crippen LogP contribution >= 0.6 is 0 Å². The highest BCUT2D eigenvalue weighted by atomic mass is 16.5. The summed E-state index contributed by atoms with van der Waals surface area (Å²) >= 11 is 0. The van der Waals surface area contributed by atoms with Crippen LogP contribution in [0.5, 0.6) is 5.75 Å². The summed E-state index contributed by atoms with van der Waals surface area (Å²) in [5.74, 6) is 0.204. The van der Waals surface area contributed by atoms with Gasteiger partial charge in [-0.1, -0.05) is 31.2 Å². The van der Waals surface area contributed by atoms with Gasteiger partial charge in [-0.25, -0.2) is 0 Å². The van der Waals surface area contributed by atoms with Gasteiger partial charge < -0.3 is 19.8 Å². The van der Waals surface area contributed by atoms with Crippen molar-refractivity contribution in [1.82, 2.24) is 0 Å². The van der Waals surface area contributed by atoms with Gasteiger partial charge in [0.15, 0.2) is 0 Å². The van der Waals surface area contributed by atoms with Crippen LogP contribution in [-0.4, -0.2) is 36.5 Å². The molecular weight excluding hydrogens is 290 g/mol. The first-order chi connectivity index (χ1) is 11.1. The van der Waals surface area contributed by atoms with E-state index in [2.05, 4.69) is 17.0 Å². The van der Waals surface area contributed by atoms with E-state index in [-0.39, 0.29) is 5.75 Å². The van der Waals surface area contributed by atoms with Crippen molar-refractivity contribution in [3.8, 4) is 5.75 Å². The predicted molar refractivity (Wildman–Crippen MR) is 90.9 cm³/mol. The first-order valence-corrected chi connectivity index (χ1v) is 8.08. The quantitative estimate of drug-likeness (QED) is 0.911. The molecule has 1 fully saturated rings. The van der Waals surface area contributed by atoms with Gasteiger partial charge in [0.1, 0.15) is 11.4 Å². The molecule has 2 aromatic carbocycles. The van der Waals surface area contributed by atoms with Crippen molar-refractivity contribution >= 4 is 5.69 Å². The fourth-order valence-corrected chi connectivity index (χ4v) is 3.08. The first-order valence-electron chi connectivity index (χ1n) is 8.08. The van der Waals surface area contributed by atoms with Gasteiger partial charge in [0, 0.05) is 18.8 Å². The SMILES string of the molecule is CCC(O)(c1ccc(O)cc1)c1ccc(N2CCOCC2)cc1. The van der Waals surface area contributed by atoms with E-state index in [1.54, 1.807) is 24.3 Å². The lowest BCUT2D eigenvalue weighted by molar-refractivity contribution is 0.0765. The molecule has 1 atom stereocenters.